The molecular weight excluding hydrogens is 195 g/mol. The van der Waals surface area contributed by atoms with Crippen LogP contribution in [-0.4, -0.2) is 9.97 Å². The fraction of sp³-hybridized carbons (Fsp3) is 0. The molecule has 12 heavy (non-hydrogen) atoms. The lowest BCUT2D eigenvalue weighted by Gasteiger charge is -1.98. The highest BCUT2D eigenvalue weighted by molar-refractivity contribution is 6.37. The minimum atomic E-state index is 0.402. The molecule has 2 aromatic rings. The van der Waals surface area contributed by atoms with Gasteiger partial charge in [0, 0.05) is 17.8 Å². The summed E-state index contributed by atoms with van der Waals surface area (Å²) in [6.45, 7) is 0. The highest BCUT2D eigenvalue weighted by Crippen LogP contribution is 2.23. The minimum absolute atomic E-state index is 0.402. The van der Waals surface area contributed by atoms with Gasteiger partial charge in [0.15, 0.2) is 0 Å². The maximum Gasteiger partial charge on any atom is 0.131 e. The van der Waals surface area contributed by atoms with Gasteiger partial charge in [0.25, 0.3) is 0 Å². The van der Waals surface area contributed by atoms with Crippen molar-refractivity contribution in [3.05, 3.63) is 34.7 Å². The van der Waals surface area contributed by atoms with E-state index in [0.29, 0.717) is 10.2 Å². The summed E-state index contributed by atoms with van der Waals surface area (Å²) in [5.41, 5.74) is 0.766. The van der Waals surface area contributed by atoms with Gasteiger partial charge in [0.05, 0.1) is 10.5 Å². The largest absolute Gasteiger partial charge is 0.264 e. The Morgan fingerprint density at radius 1 is 1.25 bits per heavy atom. The van der Waals surface area contributed by atoms with E-state index in [1.165, 1.54) is 0 Å². The van der Waals surface area contributed by atoms with Gasteiger partial charge < -0.3 is 0 Å². The molecule has 0 saturated carbocycles. The number of halogens is 2. The second kappa shape index (κ2) is 2.88. The number of fused-ring (bicyclic) bond motifs is 1. The fourth-order valence-electron chi connectivity index (χ4n) is 0.998. The molecule has 0 saturated heterocycles. The third-order valence-corrected chi connectivity index (χ3v) is 2.03. The van der Waals surface area contributed by atoms with Crippen LogP contribution in [0.1, 0.15) is 0 Å². The highest BCUT2D eigenvalue weighted by atomic mass is 35.5. The molecule has 2 heterocycles. The number of hydrogen-bond donors (Lipinski definition) is 0. The highest BCUT2D eigenvalue weighted by Gasteiger charge is 2.01. The van der Waals surface area contributed by atoms with E-state index in [1.54, 1.807) is 24.5 Å². The van der Waals surface area contributed by atoms with E-state index in [1.807, 2.05) is 0 Å². The monoisotopic (exact) mass is 198 g/mol. The van der Waals surface area contributed by atoms with Gasteiger partial charge in [0.2, 0.25) is 0 Å². The number of nitrogens with zero attached hydrogens (tertiary/aromatic N) is 2. The third kappa shape index (κ3) is 1.24. The van der Waals surface area contributed by atoms with Crippen LogP contribution in [-0.2, 0) is 0 Å². The molecule has 0 fully saturated rings. The van der Waals surface area contributed by atoms with Crippen LogP contribution < -0.4 is 0 Å². The van der Waals surface area contributed by atoms with Crippen molar-refractivity contribution in [3.8, 4) is 0 Å². The van der Waals surface area contributed by atoms with Gasteiger partial charge in [-0.3, -0.25) is 4.98 Å². The molecule has 0 bridgehead atoms. The smallest absolute Gasteiger partial charge is 0.131 e. The number of aromatic nitrogens is 2. The van der Waals surface area contributed by atoms with Crippen LogP contribution in [0.25, 0.3) is 10.9 Å². The van der Waals surface area contributed by atoms with E-state index in [0.717, 1.165) is 10.9 Å². The fourth-order valence-corrected chi connectivity index (χ4v) is 1.50. The first-order valence-corrected chi connectivity index (χ1v) is 4.09. The Kier molecular flexibility index (Phi) is 1.87. The van der Waals surface area contributed by atoms with Gasteiger partial charge in [-0.15, -0.1) is 0 Å². The van der Waals surface area contributed by atoms with Gasteiger partial charge in [-0.2, -0.15) is 0 Å². The molecule has 0 aliphatic carbocycles. The molecule has 0 spiro atoms. The summed E-state index contributed by atoms with van der Waals surface area (Å²) >= 11 is 11.6. The molecule has 4 heteroatoms. The Bertz CT molecular complexity index is 428. The normalized spacial score (nSPS) is 10.5. The van der Waals surface area contributed by atoms with Crippen molar-refractivity contribution >= 4 is 34.1 Å². The Balaban J connectivity index is 2.89. The average Bonchev–Trinajstić information content (AvgIpc) is 2.04. The standard InChI is InChI=1S/C8H4Cl2N2/c9-6-3-8(10)12-7-1-2-11-4-5(6)7/h1-4H. The van der Waals surface area contributed by atoms with E-state index in [-0.39, 0.29) is 0 Å². The predicted molar refractivity (Wildman–Crippen MR) is 49.6 cm³/mol. The molecule has 0 aliphatic heterocycles. The molecule has 60 valence electrons. The molecule has 0 atom stereocenters. The lowest BCUT2D eigenvalue weighted by molar-refractivity contribution is 1.32. The van der Waals surface area contributed by atoms with Gasteiger partial charge >= 0.3 is 0 Å². The number of hydrogen-bond acceptors (Lipinski definition) is 2. The molecular formula is C8H4Cl2N2. The van der Waals surface area contributed by atoms with Crippen molar-refractivity contribution in [2.75, 3.05) is 0 Å². The molecule has 0 radical (unpaired) electrons. The zero-order valence-corrected chi connectivity index (χ0v) is 7.47. The quantitative estimate of drug-likeness (QED) is 0.609. The summed E-state index contributed by atoms with van der Waals surface area (Å²) in [5, 5.41) is 1.81. The first-order valence-electron chi connectivity index (χ1n) is 3.33. The molecule has 0 amide bonds. The van der Waals surface area contributed by atoms with Crippen LogP contribution in [0.3, 0.4) is 0 Å². The van der Waals surface area contributed by atoms with Crippen LogP contribution in [0.15, 0.2) is 24.5 Å². The topological polar surface area (TPSA) is 25.8 Å². The van der Waals surface area contributed by atoms with Gasteiger partial charge in [-0.05, 0) is 12.1 Å². The molecule has 0 unspecified atom stereocenters. The second-order valence-electron chi connectivity index (χ2n) is 2.32. The van der Waals surface area contributed by atoms with Crippen LogP contribution in [0.4, 0.5) is 0 Å². The van der Waals surface area contributed by atoms with Crippen LogP contribution in [0, 0.1) is 0 Å². The van der Waals surface area contributed by atoms with Gasteiger partial charge in [-0.25, -0.2) is 4.98 Å². The summed E-state index contributed by atoms with van der Waals surface area (Å²) in [6.07, 6.45) is 3.32. The Morgan fingerprint density at radius 3 is 2.92 bits per heavy atom. The van der Waals surface area contributed by atoms with Gasteiger partial charge in [-0.1, -0.05) is 23.2 Å². The Labute approximate surface area is 79.2 Å². The molecule has 0 aliphatic rings. The molecule has 0 N–H and O–H groups in total. The number of rotatable bonds is 0. The summed E-state index contributed by atoms with van der Waals surface area (Å²) in [7, 11) is 0. The lowest BCUT2D eigenvalue weighted by atomic mass is 10.3. The Morgan fingerprint density at radius 2 is 2.08 bits per heavy atom. The Hall–Kier alpha value is -0.860. The van der Waals surface area contributed by atoms with Crippen molar-refractivity contribution in [3.63, 3.8) is 0 Å². The second-order valence-corrected chi connectivity index (χ2v) is 3.11. The van der Waals surface area contributed by atoms with Crippen molar-refractivity contribution in [2.45, 2.75) is 0 Å². The van der Waals surface area contributed by atoms with E-state index < -0.39 is 0 Å². The lowest BCUT2D eigenvalue weighted by Crippen LogP contribution is -1.81. The maximum atomic E-state index is 5.90. The van der Waals surface area contributed by atoms with Crippen LogP contribution >= 0.6 is 23.2 Å². The van der Waals surface area contributed by atoms with Crippen LogP contribution in [0.5, 0.6) is 0 Å². The van der Waals surface area contributed by atoms with E-state index in [2.05, 4.69) is 9.97 Å². The first kappa shape index (κ1) is 7.77. The van der Waals surface area contributed by atoms with E-state index >= 15 is 0 Å². The summed E-state index contributed by atoms with van der Waals surface area (Å²) in [4.78, 5) is 8.01. The zero-order valence-electron chi connectivity index (χ0n) is 5.96. The predicted octanol–water partition coefficient (Wildman–Crippen LogP) is 2.94. The molecule has 2 rings (SSSR count). The summed E-state index contributed by atoms with van der Waals surface area (Å²) in [5.74, 6) is 0. The average molecular weight is 199 g/mol. The molecule has 2 aromatic heterocycles. The van der Waals surface area contributed by atoms with Crippen molar-refractivity contribution in [1.82, 2.24) is 9.97 Å². The van der Waals surface area contributed by atoms with E-state index in [4.69, 9.17) is 23.2 Å². The van der Waals surface area contributed by atoms with Crippen LogP contribution in [0.2, 0.25) is 10.2 Å². The summed E-state index contributed by atoms with van der Waals surface area (Å²) in [6, 6.07) is 3.38. The first-order chi connectivity index (χ1) is 5.77. The van der Waals surface area contributed by atoms with Crippen molar-refractivity contribution in [1.29, 1.82) is 0 Å². The SMILES string of the molecule is Clc1cc(Cl)c2cnccc2n1. The molecule has 0 aromatic carbocycles. The minimum Gasteiger partial charge on any atom is -0.264 e. The van der Waals surface area contributed by atoms with Crippen molar-refractivity contribution < 1.29 is 0 Å². The molecule has 2 nitrogen and oxygen atoms in total. The maximum absolute atomic E-state index is 5.90. The number of pyridine rings is 2. The third-order valence-electron chi connectivity index (χ3n) is 1.53. The van der Waals surface area contributed by atoms with Gasteiger partial charge in [0.1, 0.15) is 5.15 Å². The van der Waals surface area contributed by atoms with Crippen molar-refractivity contribution in [2.24, 2.45) is 0 Å². The van der Waals surface area contributed by atoms with E-state index in [9.17, 15) is 0 Å². The zero-order chi connectivity index (χ0) is 8.55. The summed E-state index contributed by atoms with van der Waals surface area (Å²) < 4.78 is 0.